The van der Waals surface area contributed by atoms with Gasteiger partial charge in [-0.3, -0.25) is 4.79 Å². The predicted molar refractivity (Wildman–Crippen MR) is 97.8 cm³/mol. The topological polar surface area (TPSA) is 68.2 Å². The minimum absolute atomic E-state index is 0.0587. The number of fused-ring (bicyclic) bond motifs is 3. The zero-order valence-corrected chi connectivity index (χ0v) is 14.8. The minimum Gasteiger partial charge on any atom is -0.368 e. The van der Waals surface area contributed by atoms with Crippen molar-refractivity contribution >= 4 is 22.6 Å². The highest BCUT2D eigenvalue weighted by atomic mass is 16.5. The van der Waals surface area contributed by atoms with Crippen molar-refractivity contribution in [3.05, 3.63) is 24.0 Å². The van der Waals surface area contributed by atoms with Crippen LogP contribution in [0.2, 0.25) is 0 Å². The van der Waals surface area contributed by atoms with E-state index in [0.717, 1.165) is 37.3 Å². The number of carbonyl (C=O) groups is 1. The van der Waals surface area contributed by atoms with Crippen molar-refractivity contribution in [3.63, 3.8) is 0 Å². The lowest BCUT2D eigenvalue weighted by molar-refractivity contribution is -0.140. The van der Waals surface area contributed by atoms with Gasteiger partial charge in [0.1, 0.15) is 11.4 Å². The first-order valence-corrected chi connectivity index (χ1v) is 9.28. The Morgan fingerprint density at radius 2 is 2.12 bits per heavy atom. The van der Waals surface area contributed by atoms with E-state index in [-0.39, 0.29) is 5.91 Å². The summed E-state index contributed by atoms with van der Waals surface area (Å²) >= 11 is 0. The van der Waals surface area contributed by atoms with E-state index in [9.17, 15) is 4.79 Å². The van der Waals surface area contributed by atoms with Gasteiger partial charge in [-0.15, -0.1) is 0 Å². The number of benzene rings is 1. The summed E-state index contributed by atoms with van der Waals surface area (Å²) in [5.41, 5.74) is 2.19. The Bertz CT molecular complexity index is 777. The van der Waals surface area contributed by atoms with Gasteiger partial charge in [0, 0.05) is 25.8 Å². The molecule has 6 nitrogen and oxygen atoms in total. The second-order valence-corrected chi connectivity index (χ2v) is 7.10. The molecular weight excluding hydrogens is 316 g/mol. The number of carbonyl (C=O) groups excluding carboxylic acids is 1. The SMILES string of the molecule is COC1(C(=O)Nc2ccc3c(c2)nc2n3CCCCC2)CCNCC1. The highest BCUT2D eigenvalue weighted by molar-refractivity contribution is 5.98. The van der Waals surface area contributed by atoms with Gasteiger partial charge >= 0.3 is 0 Å². The third kappa shape index (κ3) is 3.04. The van der Waals surface area contributed by atoms with E-state index in [1.165, 1.54) is 30.6 Å². The number of ether oxygens (including phenoxy) is 1. The van der Waals surface area contributed by atoms with Gasteiger partial charge in [-0.2, -0.15) is 0 Å². The van der Waals surface area contributed by atoms with Gasteiger partial charge in [-0.25, -0.2) is 4.98 Å². The molecule has 0 aliphatic carbocycles. The van der Waals surface area contributed by atoms with Gasteiger partial charge in [0.05, 0.1) is 11.0 Å². The Hall–Kier alpha value is -1.92. The van der Waals surface area contributed by atoms with E-state index < -0.39 is 5.60 Å². The summed E-state index contributed by atoms with van der Waals surface area (Å²) in [6, 6.07) is 6.04. The van der Waals surface area contributed by atoms with Crippen LogP contribution in [-0.2, 0) is 22.5 Å². The molecule has 0 atom stereocenters. The molecule has 1 fully saturated rings. The standard InChI is InChI=1S/C19H26N4O2/c1-25-19(8-10-20-11-9-19)18(24)21-14-6-7-16-15(13-14)22-17-5-3-2-4-12-23(16)17/h6-7,13,20H,2-5,8-12H2,1H3,(H,21,24). The minimum atomic E-state index is -0.731. The number of methoxy groups -OCH3 is 1. The second-order valence-electron chi connectivity index (χ2n) is 7.10. The number of hydrogen-bond donors (Lipinski definition) is 2. The quantitative estimate of drug-likeness (QED) is 0.899. The number of rotatable bonds is 3. The fraction of sp³-hybridized carbons (Fsp3) is 0.579. The van der Waals surface area contributed by atoms with Crippen LogP contribution in [0, 0.1) is 0 Å². The predicted octanol–water partition coefficient (Wildman–Crippen LogP) is 2.47. The van der Waals surface area contributed by atoms with E-state index in [4.69, 9.17) is 9.72 Å². The fourth-order valence-electron chi connectivity index (χ4n) is 4.03. The lowest BCUT2D eigenvalue weighted by atomic mass is 9.91. The molecule has 1 saturated heterocycles. The Morgan fingerprint density at radius 1 is 1.28 bits per heavy atom. The number of nitrogens with one attached hydrogen (secondary N) is 2. The normalized spacial score (nSPS) is 20.0. The highest BCUT2D eigenvalue weighted by Gasteiger charge is 2.39. The van der Waals surface area contributed by atoms with E-state index in [1.807, 2.05) is 12.1 Å². The number of aryl methyl sites for hydroxylation is 2. The largest absolute Gasteiger partial charge is 0.368 e. The first kappa shape index (κ1) is 16.5. The van der Waals surface area contributed by atoms with E-state index in [2.05, 4.69) is 21.3 Å². The molecule has 1 aromatic carbocycles. The molecule has 6 heteroatoms. The zero-order valence-electron chi connectivity index (χ0n) is 14.8. The highest BCUT2D eigenvalue weighted by Crippen LogP contribution is 2.27. The van der Waals surface area contributed by atoms with Crippen LogP contribution in [0.15, 0.2) is 18.2 Å². The van der Waals surface area contributed by atoms with Crippen molar-refractivity contribution in [3.8, 4) is 0 Å². The molecule has 0 radical (unpaired) electrons. The number of imidazole rings is 1. The van der Waals surface area contributed by atoms with Crippen molar-refractivity contribution in [2.45, 2.75) is 50.7 Å². The van der Waals surface area contributed by atoms with Crippen LogP contribution in [0.5, 0.6) is 0 Å². The maximum atomic E-state index is 12.8. The van der Waals surface area contributed by atoms with Gasteiger partial charge < -0.3 is 19.9 Å². The summed E-state index contributed by atoms with van der Waals surface area (Å²) in [5, 5.41) is 6.32. The molecule has 2 N–H and O–H groups in total. The number of aromatic nitrogens is 2. The average molecular weight is 342 g/mol. The van der Waals surface area contributed by atoms with Crippen molar-refractivity contribution in [1.29, 1.82) is 0 Å². The number of piperidine rings is 1. The first-order chi connectivity index (χ1) is 12.2. The van der Waals surface area contributed by atoms with Crippen molar-refractivity contribution in [2.75, 3.05) is 25.5 Å². The summed E-state index contributed by atoms with van der Waals surface area (Å²) in [4.78, 5) is 17.6. The maximum absolute atomic E-state index is 12.8. The van der Waals surface area contributed by atoms with Crippen LogP contribution in [0.25, 0.3) is 11.0 Å². The molecule has 4 rings (SSSR count). The first-order valence-electron chi connectivity index (χ1n) is 9.28. The van der Waals surface area contributed by atoms with Gasteiger partial charge in [-0.1, -0.05) is 6.42 Å². The molecule has 134 valence electrons. The molecule has 2 aliphatic rings. The zero-order chi connectivity index (χ0) is 17.3. The fourth-order valence-corrected chi connectivity index (χ4v) is 4.03. The van der Waals surface area contributed by atoms with Crippen molar-refractivity contribution in [2.24, 2.45) is 0 Å². The van der Waals surface area contributed by atoms with Crippen molar-refractivity contribution < 1.29 is 9.53 Å². The summed E-state index contributed by atoms with van der Waals surface area (Å²) in [5.74, 6) is 1.11. The van der Waals surface area contributed by atoms with E-state index in [1.54, 1.807) is 7.11 Å². The summed E-state index contributed by atoms with van der Waals surface area (Å²) < 4.78 is 7.94. The number of hydrogen-bond acceptors (Lipinski definition) is 4. The summed E-state index contributed by atoms with van der Waals surface area (Å²) in [6.07, 6.45) is 6.11. The van der Waals surface area contributed by atoms with Crippen LogP contribution in [-0.4, -0.2) is 41.3 Å². The van der Waals surface area contributed by atoms with Gasteiger partial charge in [0.25, 0.3) is 5.91 Å². The second kappa shape index (κ2) is 6.77. The third-order valence-corrected chi connectivity index (χ3v) is 5.58. The van der Waals surface area contributed by atoms with Crippen LogP contribution in [0.3, 0.4) is 0 Å². The van der Waals surface area contributed by atoms with Crippen LogP contribution in [0.4, 0.5) is 5.69 Å². The van der Waals surface area contributed by atoms with Gasteiger partial charge in [0.2, 0.25) is 0 Å². The van der Waals surface area contributed by atoms with E-state index >= 15 is 0 Å². The molecule has 2 aromatic rings. The molecule has 25 heavy (non-hydrogen) atoms. The molecular formula is C19H26N4O2. The van der Waals surface area contributed by atoms with Crippen molar-refractivity contribution in [1.82, 2.24) is 14.9 Å². The Kier molecular flexibility index (Phi) is 4.48. The summed E-state index contributed by atoms with van der Waals surface area (Å²) in [6.45, 7) is 2.64. The Labute approximate surface area is 147 Å². The lowest BCUT2D eigenvalue weighted by Gasteiger charge is -2.34. The van der Waals surface area contributed by atoms with Gasteiger partial charge in [0.15, 0.2) is 0 Å². The maximum Gasteiger partial charge on any atom is 0.256 e. The smallest absolute Gasteiger partial charge is 0.256 e. The molecule has 0 bridgehead atoms. The third-order valence-electron chi connectivity index (χ3n) is 5.58. The molecule has 1 aromatic heterocycles. The monoisotopic (exact) mass is 342 g/mol. The van der Waals surface area contributed by atoms with Gasteiger partial charge in [-0.05, 0) is 57.0 Å². The lowest BCUT2D eigenvalue weighted by Crippen LogP contribution is -2.51. The number of anilines is 1. The molecule has 0 unspecified atom stereocenters. The molecule has 0 spiro atoms. The summed E-state index contributed by atoms with van der Waals surface area (Å²) in [7, 11) is 1.63. The van der Waals surface area contributed by atoms with Crippen LogP contribution < -0.4 is 10.6 Å². The Morgan fingerprint density at radius 3 is 2.92 bits per heavy atom. The number of nitrogens with zero attached hydrogens (tertiary/aromatic N) is 2. The average Bonchev–Trinajstić information content (AvgIpc) is 2.82. The molecule has 2 aliphatic heterocycles. The molecule has 1 amide bonds. The number of amides is 1. The molecule has 0 saturated carbocycles. The van der Waals surface area contributed by atoms with E-state index in [0.29, 0.717) is 12.8 Å². The van der Waals surface area contributed by atoms with Crippen LogP contribution in [0.1, 0.15) is 37.9 Å². The molecule has 3 heterocycles. The Balaban J connectivity index is 1.58. The van der Waals surface area contributed by atoms with Crippen LogP contribution >= 0.6 is 0 Å².